The number of benzene rings is 7. The molecule has 0 aliphatic carbocycles. The number of nitrogens with zero attached hydrogens (tertiary/aromatic N) is 4. The Morgan fingerprint density at radius 2 is 1.19 bits per heavy atom. The normalized spacial score (nSPS) is 13.3. The topological polar surface area (TPSA) is 33.5 Å². The Kier molecular flexibility index (Phi) is 14.0. The molecule has 0 saturated carbocycles. The summed E-state index contributed by atoms with van der Waals surface area (Å²) in [6.45, 7) is 29.6. The van der Waals surface area contributed by atoms with Crippen molar-refractivity contribution in [1.29, 1.82) is 0 Å². The maximum Gasteiger partial charge on any atom is 0.135 e. The van der Waals surface area contributed by atoms with Crippen molar-refractivity contribution in [3.8, 4) is 28.4 Å². The van der Waals surface area contributed by atoms with Gasteiger partial charge in [-0.1, -0.05) is 192 Å². The second-order valence-corrected chi connectivity index (χ2v) is 22.7. The van der Waals surface area contributed by atoms with Gasteiger partial charge in [0.2, 0.25) is 0 Å². The predicted molar refractivity (Wildman–Crippen MR) is 302 cm³/mol. The molecule has 7 aromatic carbocycles. The third-order valence-corrected chi connectivity index (χ3v) is 14.5. The molecule has 2 aromatic heterocycles. The standard InChI is InChI=1S/C67H67N4O.Pt/c1-44(2)56-27-20-28-57(45(3)4)64(56)62-42-69(52-26-19-25-49(36-52)65(5,6)7)43-70(62)53-37-51(67(11,12)48-23-17-14-18-24-48)38-55(40-53)72-54-30-31-58-59-35-47(46-21-15-13-16-22-46)29-32-60(59)71(61(58)41-54)63-39-50(33-34-68-63)66(8,9)10;/h13-39,42-45H,1-12H3;/q-3;. The smallest absolute Gasteiger partial charge is 0.135 e. The second kappa shape index (κ2) is 20.0. The minimum Gasteiger partial charge on any atom is -0.509 e. The van der Waals surface area contributed by atoms with Crippen LogP contribution in [0.15, 0.2) is 170 Å². The first-order valence-electron chi connectivity index (χ1n) is 25.6. The Hall–Kier alpha value is -6.68. The number of fused-ring (bicyclic) bond motifs is 3. The molecule has 0 saturated heterocycles. The molecule has 0 amide bonds. The number of hydrogen-bond donors (Lipinski definition) is 0. The quantitative estimate of drug-likeness (QED) is 0.121. The zero-order chi connectivity index (χ0) is 50.7. The van der Waals surface area contributed by atoms with Gasteiger partial charge in [-0.3, -0.25) is 0 Å². The summed E-state index contributed by atoms with van der Waals surface area (Å²) >= 11 is 0. The van der Waals surface area contributed by atoms with Crippen molar-refractivity contribution in [1.82, 2.24) is 9.55 Å². The Morgan fingerprint density at radius 3 is 1.86 bits per heavy atom. The van der Waals surface area contributed by atoms with Gasteiger partial charge in [0.25, 0.3) is 0 Å². The van der Waals surface area contributed by atoms with Gasteiger partial charge in [-0.15, -0.1) is 53.6 Å². The van der Waals surface area contributed by atoms with Gasteiger partial charge in [-0.25, -0.2) is 4.98 Å². The molecule has 6 heteroatoms. The van der Waals surface area contributed by atoms with Crippen LogP contribution in [0.1, 0.15) is 134 Å². The fourth-order valence-electron chi connectivity index (χ4n) is 10.2. The molecule has 0 spiro atoms. The van der Waals surface area contributed by atoms with Crippen LogP contribution in [0.2, 0.25) is 0 Å². The van der Waals surface area contributed by atoms with Crippen molar-refractivity contribution in [3.63, 3.8) is 0 Å². The van der Waals surface area contributed by atoms with Crippen LogP contribution in [0.25, 0.3) is 44.4 Å². The van der Waals surface area contributed by atoms with Gasteiger partial charge < -0.3 is 19.1 Å². The minimum absolute atomic E-state index is 0. The van der Waals surface area contributed by atoms with Crippen LogP contribution in [0.4, 0.5) is 11.4 Å². The van der Waals surface area contributed by atoms with Crippen LogP contribution >= 0.6 is 0 Å². The van der Waals surface area contributed by atoms with Crippen molar-refractivity contribution in [3.05, 3.63) is 228 Å². The summed E-state index contributed by atoms with van der Waals surface area (Å²) in [6.07, 6.45) is 4.23. The van der Waals surface area contributed by atoms with Crippen molar-refractivity contribution in [2.45, 2.75) is 111 Å². The van der Waals surface area contributed by atoms with E-state index in [0.29, 0.717) is 23.3 Å². The van der Waals surface area contributed by atoms with Gasteiger partial charge >= 0.3 is 0 Å². The van der Waals surface area contributed by atoms with Gasteiger partial charge in [0, 0.05) is 61.2 Å². The number of aromatic nitrogens is 2. The van der Waals surface area contributed by atoms with E-state index < -0.39 is 5.41 Å². The van der Waals surface area contributed by atoms with E-state index in [0.717, 1.165) is 55.8 Å². The molecule has 10 rings (SSSR count). The summed E-state index contributed by atoms with van der Waals surface area (Å²) in [4.78, 5) is 9.61. The molecule has 0 fully saturated rings. The van der Waals surface area contributed by atoms with E-state index in [-0.39, 0.29) is 31.9 Å². The average Bonchev–Trinajstić information content (AvgIpc) is 3.96. The third kappa shape index (κ3) is 10.1. The summed E-state index contributed by atoms with van der Waals surface area (Å²) in [5.41, 5.74) is 15.6. The van der Waals surface area contributed by atoms with Crippen LogP contribution in [-0.4, -0.2) is 9.55 Å². The van der Waals surface area contributed by atoms with Crippen LogP contribution in [-0.2, 0) is 37.3 Å². The first-order chi connectivity index (χ1) is 34.3. The summed E-state index contributed by atoms with van der Waals surface area (Å²) in [6, 6.07) is 64.4. The third-order valence-electron chi connectivity index (χ3n) is 14.5. The van der Waals surface area contributed by atoms with Crippen LogP contribution < -0.4 is 14.5 Å². The van der Waals surface area contributed by atoms with Gasteiger partial charge in [-0.05, 0) is 109 Å². The average molecular weight is 1140 g/mol. The van der Waals surface area contributed by atoms with Crippen molar-refractivity contribution < 1.29 is 25.8 Å². The van der Waals surface area contributed by atoms with Crippen LogP contribution in [0.5, 0.6) is 11.5 Å². The number of rotatable bonds is 11. The molecule has 3 heterocycles. The molecular weight excluding hydrogens is 1070 g/mol. The number of ether oxygens (including phenoxy) is 1. The number of anilines is 2. The van der Waals surface area contributed by atoms with E-state index in [1.54, 1.807) is 0 Å². The van der Waals surface area contributed by atoms with Crippen molar-refractivity contribution >= 4 is 38.9 Å². The second-order valence-electron chi connectivity index (χ2n) is 22.7. The van der Waals surface area contributed by atoms with Gasteiger partial charge in [-0.2, -0.15) is 6.07 Å². The Morgan fingerprint density at radius 1 is 0.548 bits per heavy atom. The zero-order valence-electron chi connectivity index (χ0n) is 44.4. The summed E-state index contributed by atoms with van der Waals surface area (Å²) < 4.78 is 9.37. The van der Waals surface area contributed by atoms with E-state index in [2.05, 4.69) is 274 Å². The fraction of sp³-hybridized carbons (Fsp3) is 0.254. The minimum atomic E-state index is -0.396. The Labute approximate surface area is 448 Å². The Balaban J connectivity index is 0.00000656. The molecule has 0 bridgehead atoms. The zero-order valence-corrected chi connectivity index (χ0v) is 46.7. The van der Waals surface area contributed by atoms with Gasteiger partial charge in [0.05, 0.1) is 0 Å². The van der Waals surface area contributed by atoms with E-state index in [4.69, 9.17) is 9.72 Å². The van der Waals surface area contributed by atoms with E-state index in [1.807, 2.05) is 12.3 Å². The molecule has 5 nitrogen and oxygen atoms in total. The first kappa shape index (κ1) is 51.2. The SMILES string of the molecule is CC(C)c1cccc(C(C)C)c1C1=CN(c2cccc(C(C)(C)C)c2)[CH-]N1c1[c-]c(Oc2[c-]c3c(cc2)c2cc(-c4ccccc4)ccc2n3-c2cc(C(C)(C)C)ccn2)cc(C(C)(C)c2ccccc2)c1.[Pt]. The molecule has 374 valence electrons. The van der Waals surface area contributed by atoms with Crippen molar-refractivity contribution in [2.75, 3.05) is 9.80 Å². The molecular formula is C67H67N4OPt-3. The van der Waals surface area contributed by atoms with E-state index >= 15 is 0 Å². The monoisotopic (exact) mass is 1140 g/mol. The van der Waals surface area contributed by atoms with Gasteiger partial charge in [0.1, 0.15) is 5.82 Å². The fourth-order valence-corrected chi connectivity index (χ4v) is 10.2. The van der Waals surface area contributed by atoms with Gasteiger partial charge in [0.15, 0.2) is 0 Å². The molecule has 0 radical (unpaired) electrons. The van der Waals surface area contributed by atoms with E-state index in [1.165, 1.54) is 38.9 Å². The maximum absolute atomic E-state index is 7.13. The van der Waals surface area contributed by atoms with Crippen molar-refractivity contribution in [2.24, 2.45) is 0 Å². The van der Waals surface area contributed by atoms with E-state index in [9.17, 15) is 0 Å². The molecule has 9 aromatic rings. The molecule has 73 heavy (non-hydrogen) atoms. The van der Waals surface area contributed by atoms with Crippen LogP contribution in [0.3, 0.4) is 0 Å². The molecule has 0 atom stereocenters. The summed E-state index contributed by atoms with van der Waals surface area (Å²) in [5, 5.41) is 2.20. The first-order valence-corrected chi connectivity index (χ1v) is 25.6. The molecule has 1 aliphatic heterocycles. The van der Waals surface area contributed by atoms with Crippen LogP contribution in [0, 0.1) is 18.8 Å². The molecule has 0 unspecified atom stereocenters. The summed E-state index contributed by atoms with van der Waals surface area (Å²) in [5.74, 6) is 2.62. The number of pyridine rings is 1. The maximum atomic E-state index is 7.13. The largest absolute Gasteiger partial charge is 0.509 e. The predicted octanol–water partition coefficient (Wildman–Crippen LogP) is 17.8. The summed E-state index contributed by atoms with van der Waals surface area (Å²) in [7, 11) is 0. The molecule has 1 aliphatic rings. The Bertz CT molecular complexity index is 3450. The number of hydrogen-bond acceptors (Lipinski definition) is 4. The molecule has 0 N–H and O–H groups in total.